The molecule has 0 spiro atoms. The van der Waals surface area contributed by atoms with Crippen LogP contribution in [0.2, 0.25) is 0 Å². The molecule has 2 aromatic heterocycles. The number of benzene rings is 2. The SMILES string of the molecule is Cn1nccc1-c1cc(NC(=O)Nc2ccc(F)cc2F)ccc1OCCc1ncc[nH]1. The number of carbonyl (C=O) groups is 1. The van der Waals surface area contributed by atoms with Crippen LogP contribution in [0.5, 0.6) is 5.75 Å². The van der Waals surface area contributed by atoms with Crippen LogP contribution < -0.4 is 15.4 Å². The van der Waals surface area contributed by atoms with Crippen LogP contribution >= 0.6 is 0 Å². The third-order valence-corrected chi connectivity index (χ3v) is 4.66. The second-order valence-corrected chi connectivity index (χ2v) is 6.89. The van der Waals surface area contributed by atoms with Gasteiger partial charge in [-0.05, 0) is 36.4 Å². The average Bonchev–Trinajstić information content (AvgIpc) is 3.43. The first-order valence-electron chi connectivity index (χ1n) is 9.76. The molecule has 4 rings (SSSR count). The lowest BCUT2D eigenvalue weighted by Crippen LogP contribution is -2.20. The lowest BCUT2D eigenvalue weighted by Gasteiger charge is -2.14. The Hall–Kier alpha value is -4.21. The highest BCUT2D eigenvalue weighted by Crippen LogP contribution is 2.32. The summed E-state index contributed by atoms with van der Waals surface area (Å²) in [6.45, 7) is 0.398. The first kappa shape index (κ1) is 21.0. The molecule has 2 amide bonds. The van der Waals surface area contributed by atoms with Gasteiger partial charge in [0.15, 0.2) is 0 Å². The minimum Gasteiger partial charge on any atom is -0.492 e. The van der Waals surface area contributed by atoms with E-state index in [1.54, 1.807) is 48.5 Å². The monoisotopic (exact) mass is 438 g/mol. The number of rotatable bonds is 7. The van der Waals surface area contributed by atoms with Gasteiger partial charge in [-0.3, -0.25) is 4.68 Å². The van der Waals surface area contributed by atoms with E-state index in [4.69, 9.17) is 4.74 Å². The number of aromatic nitrogens is 4. The third-order valence-electron chi connectivity index (χ3n) is 4.66. The molecule has 3 N–H and O–H groups in total. The van der Waals surface area contributed by atoms with Gasteiger partial charge in [0.05, 0.1) is 18.0 Å². The molecule has 0 saturated heterocycles. The fraction of sp³-hybridized carbons (Fsp3) is 0.136. The zero-order valence-electron chi connectivity index (χ0n) is 17.1. The standard InChI is InChI=1S/C22H20F2N6O2/c1-30-19(6-8-27-30)16-13-15(3-5-20(16)32-11-7-21-25-9-10-26-21)28-22(31)29-18-4-2-14(23)12-17(18)24/h2-6,8-10,12-13H,7,11H2,1H3,(H,25,26)(H2,28,29,31). The quantitative estimate of drug-likeness (QED) is 0.400. The topological polar surface area (TPSA) is 96.9 Å². The van der Waals surface area contributed by atoms with Crippen molar-refractivity contribution in [1.29, 1.82) is 0 Å². The second-order valence-electron chi connectivity index (χ2n) is 6.89. The van der Waals surface area contributed by atoms with E-state index in [-0.39, 0.29) is 5.69 Å². The highest BCUT2D eigenvalue weighted by Gasteiger charge is 2.14. The Bertz CT molecular complexity index is 1220. The number of imidazole rings is 1. The van der Waals surface area contributed by atoms with Gasteiger partial charge in [-0.25, -0.2) is 18.6 Å². The lowest BCUT2D eigenvalue weighted by molar-refractivity contribution is 0.262. The normalized spacial score (nSPS) is 10.7. The number of nitrogens with one attached hydrogen (secondary N) is 3. The molecule has 2 aromatic carbocycles. The van der Waals surface area contributed by atoms with Crippen molar-refractivity contribution in [1.82, 2.24) is 19.7 Å². The van der Waals surface area contributed by atoms with Crippen LogP contribution in [0.4, 0.5) is 25.0 Å². The number of aryl methyl sites for hydroxylation is 1. The minimum atomic E-state index is -0.865. The van der Waals surface area contributed by atoms with Gasteiger partial charge >= 0.3 is 6.03 Å². The van der Waals surface area contributed by atoms with Crippen LogP contribution in [0.25, 0.3) is 11.3 Å². The number of nitrogens with zero attached hydrogens (tertiary/aromatic N) is 3. The van der Waals surface area contributed by atoms with Gasteiger partial charge in [0, 0.05) is 49.4 Å². The van der Waals surface area contributed by atoms with Crippen molar-refractivity contribution < 1.29 is 18.3 Å². The summed E-state index contributed by atoms with van der Waals surface area (Å²) < 4.78 is 34.5. The highest BCUT2D eigenvalue weighted by atomic mass is 19.1. The van der Waals surface area contributed by atoms with E-state index in [2.05, 4.69) is 25.7 Å². The molecule has 0 aliphatic rings. The fourth-order valence-corrected chi connectivity index (χ4v) is 3.14. The number of aromatic amines is 1. The third kappa shape index (κ3) is 4.91. The average molecular weight is 438 g/mol. The highest BCUT2D eigenvalue weighted by molar-refractivity contribution is 6.00. The van der Waals surface area contributed by atoms with Crippen molar-refractivity contribution in [2.75, 3.05) is 17.2 Å². The molecule has 4 aromatic rings. The summed E-state index contributed by atoms with van der Waals surface area (Å²) in [6, 6.07) is 9.21. The van der Waals surface area contributed by atoms with E-state index < -0.39 is 17.7 Å². The van der Waals surface area contributed by atoms with Gasteiger partial charge in [0.25, 0.3) is 0 Å². The van der Waals surface area contributed by atoms with Crippen molar-refractivity contribution in [2.24, 2.45) is 7.05 Å². The second kappa shape index (κ2) is 9.29. The van der Waals surface area contributed by atoms with Crippen molar-refractivity contribution in [3.63, 3.8) is 0 Å². The summed E-state index contributed by atoms with van der Waals surface area (Å²) in [5, 5.41) is 9.21. The zero-order chi connectivity index (χ0) is 22.5. The Labute approximate surface area is 182 Å². The van der Waals surface area contributed by atoms with Gasteiger partial charge < -0.3 is 20.4 Å². The Morgan fingerprint density at radius 2 is 2.00 bits per heavy atom. The molecule has 0 fully saturated rings. The van der Waals surface area contributed by atoms with Crippen LogP contribution in [0.3, 0.4) is 0 Å². The number of amides is 2. The van der Waals surface area contributed by atoms with Crippen molar-refractivity contribution in [3.8, 4) is 17.0 Å². The van der Waals surface area contributed by atoms with Crippen molar-refractivity contribution in [2.45, 2.75) is 6.42 Å². The fourth-order valence-electron chi connectivity index (χ4n) is 3.14. The number of H-pyrrole nitrogens is 1. The Morgan fingerprint density at radius 3 is 2.72 bits per heavy atom. The Morgan fingerprint density at radius 1 is 1.12 bits per heavy atom. The van der Waals surface area contributed by atoms with Crippen LogP contribution in [0.15, 0.2) is 61.1 Å². The first-order chi connectivity index (χ1) is 15.5. The largest absolute Gasteiger partial charge is 0.492 e. The maximum absolute atomic E-state index is 13.8. The van der Waals surface area contributed by atoms with E-state index in [0.717, 1.165) is 29.2 Å². The number of urea groups is 1. The molecule has 8 nitrogen and oxygen atoms in total. The molecule has 2 heterocycles. The van der Waals surface area contributed by atoms with Crippen LogP contribution in [0, 0.1) is 11.6 Å². The van der Waals surface area contributed by atoms with E-state index in [1.807, 2.05) is 6.07 Å². The number of ether oxygens (including phenoxy) is 1. The van der Waals surface area contributed by atoms with Crippen molar-refractivity contribution in [3.05, 3.63) is 78.5 Å². The molecular formula is C22H20F2N6O2. The van der Waals surface area contributed by atoms with Gasteiger partial charge in [0.1, 0.15) is 23.2 Å². The van der Waals surface area contributed by atoms with E-state index in [1.165, 1.54) is 0 Å². The number of hydrogen-bond donors (Lipinski definition) is 3. The van der Waals surface area contributed by atoms with Gasteiger partial charge in [-0.15, -0.1) is 0 Å². The summed E-state index contributed by atoms with van der Waals surface area (Å²) in [5.41, 5.74) is 1.83. The summed E-state index contributed by atoms with van der Waals surface area (Å²) in [4.78, 5) is 19.5. The zero-order valence-corrected chi connectivity index (χ0v) is 17.1. The first-order valence-corrected chi connectivity index (χ1v) is 9.76. The molecule has 0 bridgehead atoms. The molecule has 0 atom stereocenters. The van der Waals surface area contributed by atoms with Gasteiger partial charge in [-0.2, -0.15) is 5.10 Å². The van der Waals surface area contributed by atoms with E-state index in [9.17, 15) is 13.6 Å². The number of anilines is 2. The lowest BCUT2D eigenvalue weighted by atomic mass is 10.1. The van der Waals surface area contributed by atoms with Crippen molar-refractivity contribution >= 4 is 17.4 Å². The minimum absolute atomic E-state index is 0.131. The molecular weight excluding hydrogens is 418 g/mol. The van der Waals surface area contributed by atoms with E-state index in [0.29, 0.717) is 30.5 Å². The molecule has 10 heteroatoms. The molecule has 0 saturated carbocycles. The van der Waals surface area contributed by atoms with Crippen LogP contribution in [0.1, 0.15) is 5.82 Å². The summed E-state index contributed by atoms with van der Waals surface area (Å²) in [5.74, 6) is -0.168. The number of carbonyl (C=O) groups excluding carboxylic acids is 1. The smallest absolute Gasteiger partial charge is 0.323 e. The summed E-state index contributed by atoms with van der Waals surface area (Å²) >= 11 is 0. The molecule has 0 unspecified atom stereocenters. The maximum Gasteiger partial charge on any atom is 0.323 e. The number of hydrogen-bond acceptors (Lipinski definition) is 4. The van der Waals surface area contributed by atoms with Gasteiger partial charge in [-0.1, -0.05) is 0 Å². The number of halogens is 2. The maximum atomic E-state index is 13.8. The summed E-state index contributed by atoms with van der Waals surface area (Å²) in [6.07, 6.45) is 5.69. The molecule has 0 radical (unpaired) electrons. The van der Waals surface area contributed by atoms with E-state index >= 15 is 0 Å². The van der Waals surface area contributed by atoms with Crippen LogP contribution in [-0.2, 0) is 13.5 Å². The predicted octanol–water partition coefficient (Wildman–Crippen LogP) is 4.35. The van der Waals surface area contributed by atoms with Crippen LogP contribution in [-0.4, -0.2) is 32.4 Å². The molecule has 0 aliphatic carbocycles. The predicted molar refractivity (Wildman–Crippen MR) is 115 cm³/mol. The summed E-state index contributed by atoms with van der Waals surface area (Å²) in [7, 11) is 1.80. The Balaban J connectivity index is 1.51. The molecule has 0 aliphatic heterocycles. The Kier molecular flexibility index (Phi) is 6.11. The van der Waals surface area contributed by atoms with Gasteiger partial charge in [0.2, 0.25) is 0 Å². The molecule has 32 heavy (non-hydrogen) atoms. The molecule has 164 valence electrons.